The number of H-pyrrole nitrogens is 1. The lowest BCUT2D eigenvalue weighted by molar-refractivity contribution is -0.134. The van der Waals surface area contributed by atoms with Crippen molar-refractivity contribution in [2.75, 3.05) is 26.2 Å². The molecule has 1 aromatic carbocycles. The number of nitriles is 1. The lowest BCUT2D eigenvalue weighted by atomic mass is 9.75. The molecule has 198 valence electrons. The van der Waals surface area contributed by atoms with Crippen LogP contribution in [0, 0.1) is 24.2 Å². The number of aromatic nitrogens is 1. The molecule has 0 aliphatic carbocycles. The van der Waals surface area contributed by atoms with Crippen molar-refractivity contribution >= 4 is 23.1 Å². The molecule has 6 heteroatoms. The van der Waals surface area contributed by atoms with Gasteiger partial charge in [0.15, 0.2) is 0 Å². The Morgan fingerprint density at radius 2 is 1.97 bits per heavy atom. The fourth-order valence-electron chi connectivity index (χ4n) is 5.47. The SMILES string of the molecule is CC/C1=C/C(C=O)=C(/C(C)(C)c2[nH]c3cc(C#N)ccc3c2C)CCCNCCN(C(=O)C(C)C)CC1. The van der Waals surface area contributed by atoms with Crippen molar-refractivity contribution in [2.24, 2.45) is 5.92 Å². The number of carbonyl (C=O) groups is 2. The van der Waals surface area contributed by atoms with Crippen LogP contribution < -0.4 is 5.32 Å². The molecule has 1 aliphatic heterocycles. The van der Waals surface area contributed by atoms with Crippen molar-refractivity contribution in [1.82, 2.24) is 15.2 Å². The van der Waals surface area contributed by atoms with Gasteiger partial charge in [-0.25, -0.2) is 0 Å². The van der Waals surface area contributed by atoms with Gasteiger partial charge in [-0.1, -0.05) is 52.3 Å². The molecule has 6 nitrogen and oxygen atoms in total. The monoisotopic (exact) mass is 502 g/mol. The predicted octanol–water partition coefficient (Wildman–Crippen LogP) is 5.72. The number of allylic oxidation sites excluding steroid dienone is 3. The maximum atomic E-state index is 12.8. The van der Waals surface area contributed by atoms with Gasteiger partial charge >= 0.3 is 0 Å². The highest BCUT2D eigenvalue weighted by Gasteiger charge is 2.31. The second-order valence-electron chi connectivity index (χ2n) is 10.9. The summed E-state index contributed by atoms with van der Waals surface area (Å²) in [5.74, 6) is 0.139. The van der Waals surface area contributed by atoms with E-state index in [0.717, 1.165) is 78.4 Å². The van der Waals surface area contributed by atoms with Gasteiger partial charge in [0.25, 0.3) is 0 Å². The number of rotatable bonds is 5. The van der Waals surface area contributed by atoms with Gasteiger partial charge in [-0.3, -0.25) is 9.59 Å². The molecule has 1 aromatic heterocycles. The summed E-state index contributed by atoms with van der Waals surface area (Å²) in [5, 5.41) is 14.0. The Bertz CT molecular complexity index is 1240. The Morgan fingerprint density at radius 3 is 2.62 bits per heavy atom. The van der Waals surface area contributed by atoms with Crippen molar-refractivity contribution in [1.29, 1.82) is 5.26 Å². The van der Waals surface area contributed by atoms with Crippen LogP contribution in [0.5, 0.6) is 0 Å². The molecule has 2 aromatic rings. The number of aromatic amines is 1. The molecule has 0 saturated carbocycles. The van der Waals surface area contributed by atoms with E-state index in [1.165, 1.54) is 5.57 Å². The zero-order chi connectivity index (χ0) is 27.2. The standard InChI is InChI=1S/C31H42N4O2/c1-7-23-12-15-35(30(37)21(2)3)16-14-33-13-8-9-27(25(17-23)20-36)31(5,6)29-22(4)26-11-10-24(19-32)18-28(26)34-29/h10-11,17-18,20-21,33-34H,7-9,12-16H2,1-6H3/b23-17-,27-25-. The molecule has 0 radical (unpaired) electrons. The Labute approximate surface area is 221 Å². The molecule has 0 fully saturated rings. The van der Waals surface area contributed by atoms with E-state index in [1.807, 2.05) is 36.9 Å². The summed E-state index contributed by atoms with van der Waals surface area (Å²) in [6, 6.07) is 7.97. The smallest absolute Gasteiger partial charge is 0.225 e. The van der Waals surface area contributed by atoms with Crippen LogP contribution in [0.1, 0.15) is 77.1 Å². The Balaban J connectivity index is 2.08. The minimum Gasteiger partial charge on any atom is -0.357 e. The summed E-state index contributed by atoms with van der Waals surface area (Å²) < 4.78 is 0. The maximum absolute atomic E-state index is 12.8. The van der Waals surface area contributed by atoms with E-state index < -0.39 is 5.41 Å². The number of hydrogen-bond donors (Lipinski definition) is 2. The van der Waals surface area contributed by atoms with Crippen LogP contribution in [0.4, 0.5) is 0 Å². The van der Waals surface area contributed by atoms with Gasteiger partial charge in [-0.15, -0.1) is 0 Å². The van der Waals surface area contributed by atoms with E-state index in [9.17, 15) is 14.9 Å². The number of hydrogen-bond acceptors (Lipinski definition) is 4. The zero-order valence-corrected chi connectivity index (χ0v) is 23.3. The fraction of sp³-hybridized carbons (Fsp3) is 0.516. The van der Waals surface area contributed by atoms with Crippen LogP contribution in [0.25, 0.3) is 10.9 Å². The first-order chi connectivity index (χ1) is 17.6. The summed E-state index contributed by atoms with van der Waals surface area (Å²) in [6.45, 7) is 15.4. The molecule has 37 heavy (non-hydrogen) atoms. The van der Waals surface area contributed by atoms with Gasteiger partial charge in [0.2, 0.25) is 5.91 Å². The fourth-order valence-corrected chi connectivity index (χ4v) is 5.47. The second-order valence-corrected chi connectivity index (χ2v) is 10.9. The third-order valence-electron chi connectivity index (χ3n) is 7.70. The molecule has 0 spiro atoms. The summed E-state index contributed by atoms with van der Waals surface area (Å²) in [5.41, 5.74) is 6.39. The topological polar surface area (TPSA) is 89.0 Å². The van der Waals surface area contributed by atoms with Crippen molar-refractivity contribution in [3.05, 3.63) is 57.8 Å². The first kappa shape index (κ1) is 28.4. The van der Waals surface area contributed by atoms with E-state index in [4.69, 9.17) is 0 Å². The van der Waals surface area contributed by atoms with E-state index in [2.05, 4.69) is 50.1 Å². The number of aryl methyl sites for hydroxylation is 1. The van der Waals surface area contributed by atoms with Gasteiger partial charge in [0.1, 0.15) is 6.29 Å². The van der Waals surface area contributed by atoms with Crippen molar-refractivity contribution < 1.29 is 9.59 Å². The normalized spacial score (nSPS) is 19.9. The molecule has 2 heterocycles. The molecule has 0 atom stereocenters. The molecule has 0 bridgehead atoms. The number of nitrogens with one attached hydrogen (secondary N) is 2. The van der Waals surface area contributed by atoms with Gasteiger partial charge in [0, 0.05) is 53.1 Å². The third kappa shape index (κ3) is 6.40. The molecule has 2 N–H and O–H groups in total. The third-order valence-corrected chi connectivity index (χ3v) is 7.70. The summed E-state index contributed by atoms with van der Waals surface area (Å²) in [6.07, 6.45) is 6.33. The van der Waals surface area contributed by atoms with Gasteiger partial charge in [-0.2, -0.15) is 5.26 Å². The van der Waals surface area contributed by atoms with Crippen molar-refractivity contribution in [3.63, 3.8) is 0 Å². The number of fused-ring (bicyclic) bond motifs is 1. The van der Waals surface area contributed by atoms with Crippen LogP contribution in [0.15, 0.2) is 41.0 Å². The van der Waals surface area contributed by atoms with E-state index in [0.29, 0.717) is 18.7 Å². The average molecular weight is 503 g/mol. The Hall–Kier alpha value is -3.17. The van der Waals surface area contributed by atoms with Crippen molar-refractivity contribution in [2.45, 2.75) is 72.6 Å². The highest BCUT2D eigenvalue weighted by molar-refractivity contribution is 5.87. The first-order valence-electron chi connectivity index (χ1n) is 13.5. The largest absolute Gasteiger partial charge is 0.357 e. The number of carbonyl (C=O) groups excluding carboxylic acids is 2. The van der Waals surface area contributed by atoms with Crippen LogP contribution in [0.3, 0.4) is 0 Å². The second kappa shape index (κ2) is 12.4. The first-order valence-corrected chi connectivity index (χ1v) is 13.5. The molecule has 0 unspecified atom stereocenters. The Kier molecular flexibility index (Phi) is 9.50. The number of benzene rings is 1. The predicted molar refractivity (Wildman–Crippen MR) is 150 cm³/mol. The lowest BCUT2D eigenvalue weighted by Gasteiger charge is -2.30. The van der Waals surface area contributed by atoms with E-state index >= 15 is 0 Å². The van der Waals surface area contributed by atoms with Crippen LogP contribution >= 0.6 is 0 Å². The van der Waals surface area contributed by atoms with Gasteiger partial charge in [-0.05, 0) is 62.4 Å². The highest BCUT2D eigenvalue weighted by Crippen LogP contribution is 2.40. The number of nitrogens with zero attached hydrogens (tertiary/aromatic N) is 2. The maximum Gasteiger partial charge on any atom is 0.225 e. The summed E-state index contributed by atoms with van der Waals surface area (Å²) in [4.78, 5) is 30.9. The lowest BCUT2D eigenvalue weighted by Crippen LogP contribution is -2.40. The molecular formula is C31H42N4O2. The molecule has 3 rings (SSSR count). The quantitative estimate of drug-likeness (QED) is 0.512. The minimum atomic E-state index is -0.415. The van der Waals surface area contributed by atoms with Crippen LogP contribution in [-0.4, -0.2) is 48.3 Å². The molecule has 0 saturated heterocycles. The van der Waals surface area contributed by atoms with E-state index in [-0.39, 0.29) is 11.8 Å². The van der Waals surface area contributed by atoms with E-state index in [1.54, 1.807) is 0 Å². The molecular weight excluding hydrogens is 460 g/mol. The zero-order valence-electron chi connectivity index (χ0n) is 23.3. The van der Waals surface area contributed by atoms with Crippen LogP contribution in [0.2, 0.25) is 0 Å². The Morgan fingerprint density at radius 1 is 1.22 bits per heavy atom. The number of amides is 1. The van der Waals surface area contributed by atoms with Gasteiger partial charge < -0.3 is 15.2 Å². The highest BCUT2D eigenvalue weighted by atomic mass is 16.2. The summed E-state index contributed by atoms with van der Waals surface area (Å²) in [7, 11) is 0. The van der Waals surface area contributed by atoms with Crippen LogP contribution in [-0.2, 0) is 15.0 Å². The molecule has 1 amide bonds. The average Bonchev–Trinajstić information content (AvgIpc) is 3.23. The van der Waals surface area contributed by atoms with Crippen molar-refractivity contribution in [3.8, 4) is 6.07 Å². The minimum absolute atomic E-state index is 0.0358. The summed E-state index contributed by atoms with van der Waals surface area (Å²) >= 11 is 0. The number of aldehydes is 1. The molecule has 1 aliphatic rings. The van der Waals surface area contributed by atoms with Gasteiger partial charge in [0.05, 0.1) is 11.6 Å².